The number of likely N-dealkylation sites (N-methyl/N-ethyl adjacent to an activating group) is 1. The molecule has 0 aliphatic carbocycles. The fraction of sp³-hybridized carbons (Fsp3) is 0.286. The number of hydrogen-bond acceptors (Lipinski definition) is 5. The lowest BCUT2D eigenvalue weighted by Crippen LogP contribution is -2.52. The summed E-state index contributed by atoms with van der Waals surface area (Å²) in [6.07, 6.45) is 1.96. The molecule has 1 unspecified atom stereocenters. The zero-order valence-electron chi connectivity index (χ0n) is 15.8. The van der Waals surface area contributed by atoms with Crippen LogP contribution >= 0.6 is 11.3 Å². The van der Waals surface area contributed by atoms with Gasteiger partial charge in [0.15, 0.2) is 5.76 Å². The number of rotatable bonds is 4. The van der Waals surface area contributed by atoms with E-state index >= 15 is 0 Å². The molecule has 0 bridgehead atoms. The van der Waals surface area contributed by atoms with Crippen LogP contribution in [0, 0.1) is 6.92 Å². The maximum absolute atomic E-state index is 13.3. The average molecular weight is 395 g/mol. The number of amides is 2. The quantitative estimate of drug-likeness (QED) is 0.680. The van der Waals surface area contributed by atoms with Gasteiger partial charge in [-0.1, -0.05) is 24.3 Å². The third-order valence-corrected chi connectivity index (χ3v) is 5.79. The van der Waals surface area contributed by atoms with E-state index in [0.29, 0.717) is 19.5 Å². The molecule has 0 radical (unpaired) electrons. The second-order valence-corrected chi connectivity index (χ2v) is 8.01. The van der Waals surface area contributed by atoms with E-state index in [2.05, 4.69) is 4.98 Å². The first-order chi connectivity index (χ1) is 13.5. The van der Waals surface area contributed by atoms with E-state index in [9.17, 15) is 9.59 Å². The molecule has 1 aromatic carbocycles. The number of aryl methyl sites for hydroxylation is 1. The smallest absolute Gasteiger partial charge is 0.290 e. The molecule has 4 rings (SSSR count). The molecule has 2 aromatic heterocycles. The first kappa shape index (κ1) is 18.4. The standard InChI is InChI=1S/C21H21N3O3S/c1-14-22-17(13-28-14)12-23(2)20(25)18-10-15-6-3-4-7-16(15)11-24(18)21(26)19-8-5-9-27-19/h3-9,13,18H,10-12H2,1-2H3. The highest BCUT2D eigenvalue weighted by Gasteiger charge is 2.37. The highest BCUT2D eigenvalue weighted by atomic mass is 32.1. The van der Waals surface area contributed by atoms with Crippen molar-refractivity contribution in [2.45, 2.75) is 32.5 Å². The van der Waals surface area contributed by atoms with Crippen LogP contribution in [0.1, 0.15) is 32.4 Å². The summed E-state index contributed by atoms with van der Waals surface area (Å²) in [6.45, 7) is 2.75. The average Bonchev–Trinajstić information content (AvgIpc) is 3.37. The van der Waals surface area contributed by atoms with Crippen molar-refractivity contribution in [1.82, 2.24) is 14.8 Å². The van der Waals surface area contributed by atoms with Crippen molar-refractivity contribution in [3.8, 4) is 0 Å². The fourth-order valence-electron chi connectivity index (χ4n) is 3.56. The number of thiazole rings is 1. The van der Waals surface area contributed by atoms with Crippen molar-refractivity contribution < 1.29 is 14.0 Å². The number of aromatic nitrogens is 1. The Morgan fingerprint density at radius 3 is 2.71 bits per heavy atom. The zero-order chi connectivity index (χ0) is 19.7. The van der Waals surface area contributed by atoms with Gasteiger partial charge in [0.05, 0.1) is 23.5 Å². The highest BCUT2D eigenvalue weighted by molar-refractivity contribution is 7.09. The Morgan fingerprint density at radius 2 is 2.04 bits per heavy atom. The van der Waals surface area contributed by atoms with Crippen LogP contribution in [0.25, 0.3) is 0 Å². The molecule has 144 valence electrons. The van der Waals surface area contributed by atoms with Gasteiger partial charge in [0, 0.05) is 25.4 Å². The molecule has 1 aliphatic rings. The van der Waals surface area contributed by atoms with Gasteiger partial charge < -0.3 is 14.2 Å². The molecule has 0 N–H and O–H groups in total. The van der Waals surface area contributed by atoms with Crippen LogP contribution in [0.2, 0.25) is 0 Å². The van der Waals surface area contributed by atoms with E-state index in [1.807, 2.05) is 36.6 Å². The summed E-state index contributed by atoms with van der Waals surface area (Å²) in [4.78, 5) is 34.0. The number of hydrogen-bond donors (Lipinski definition) is 0. The van der Waals surface area contributed by atoms with Gasteiger partial charge >= 0.3 is 0 Å². The third-order valence-electron chi connectivity index (χ3n) is 4.97. The molecule has 0 fully saturated rings. The van der Waals surface area contributed by atoms with Gasteiger partial charge in [-0.25, -0.2) is 4.98 Å². The highest BCUT2D eigenvalue weighted by Crippen LogP contribution is 2.26. The second-order valence-electron chi connectivity index (χ2n) is 6.95. The van der Waals surface area contributed by atoms with Crippen molar-refractivity contribution >= 4 is 23.2 Å². The lowest BCUT2D eigenvalue weighted by Gasteiger charge is -2.37. The molecule has 7 heteroatoms. The van der Waals surface area contributed by atoms with E-state index in [-0.39, 0.29) is 17.6 Å². The predicted octanol–water partition coefficient (Wildman–Crippen LogP) is 3.27. The summed E-state index contributed by atoms with van der Waals surface area (Å²) in [6, 6.07) is 10.7. The Labute approximate surface area is 167 Å². The number of carbonyl (C=O) groups is 2. The minimum absolute atomic E-state index is 0.0972. The summed E-state index contributed by atoms with van der Waals surface area (Å²) in [7, 11) is 1.76. The Hall–Kier alpha value is -2.93. The van der Waals surface area contributed by atoms with Gasteiger partial charge in [-0.3, -0.25) is 9.59 Å². The maximum Gasteiger partial charge on any atom is 0.290 e. The number of nitrogens with zero attached hydrogens (tertiary/aromatic N) is 3. The largest absolute Gasteiger partial charge is 0.459 e. The van der Waals surface area contributed by atoms with E-state index < -0.39 is 6.04 Å². The van der Waals surface area contributed by atoms with Gasteiger partial charge in [-0.15, -0.1) is 11.3 Å². The van der Waals surface area contributed by atoms with Crippen LogP contribution in [-0.4, -0.2) is 39.7 Å². The Balaban J connectivity index is 1.61. The molecule has 1 atom stereocenters. The number of fused-ring (bicyclic) bond motifs is 1. The first-order valence-corrected chi connectivity index (χ1v) is 9.98. The third kappa shape index (κ3) is 3.57. The van der Waals surface area contributed by atoms with E-state index in [1.54, 1.807) is 40.3 Å². The first-order valence-electron chi connectivity index (χ1n) is 9.10. The summed E-state index contributed by atoms with van der Waals surface area (Å²) in [5.41, 5.74) is 3.02. The lowest BCUT2D eigenvalue weighted by molar-refractivity contribution is -0.136. The molecule has 0 saturated carbocycles. The minimum Gasteiger partial charge on any atom is -0.459 e. The van der Waals surface area contributed by atoms with Crippen LogP contribution in [0.5, 0.6) is 0 Å². The summed E-state index contributed by atoms with van der Waals surface area (Å²) >= 11 is 1.56. The van der Waals surface area contributed by atoms with E-state index in [0.717, 1.165) is 21.8 Å². The SMILES string of the molecule is Cc1nc(CN(C)C(=O)C2Cc3ccccc3CN2C(=O)c2ccco2)cs1. The van der Waals surface area contributed by atoms with Crippen LogP contribution in [0.3, 0.4) is 0 Å². The topological polar surface area (TPSA) is 66.7 Å². The normalized spacial score (nSPS) is 15.9. The monoisotopic (exact) mass is 395 g/mol. The molecule has 28 heavy (non-hydrogen) atoms. The summed E-state index contributed by atoms with van der Waals surface area (Å²) in [5.74, 6) is -0.120. The van der Waals surface area contributed by atoms with Gasteiger partial charge in [0.1, 0.15) is 6.04 Å². The minimum atomic E-state index is -0.572. The van der Waals surface area contributed by atoms with E-state index in [4.69, 9.17) is 4.42 Å². The van der Waals surface area contributed by atoms with Crippen molar-refractivity contribution in [1.29, 1.82) is 0 Å². The van der Waals surface area contributed by atoms with Crippen molar-refractivity contribution in [3.05, 3.63) is 75.6 Å². The lowest BCUT2D eigenvalue weighted by atomic mass is 9.93. The fourth-order valence-corrected chi connectivity index (χ4v) is 4.16. The van der Waals surface area contributed by atoms with Gasteiger partial charge in [0.2, 0.25) is 5.91 Å². The molecule has 0 saturated heterocycles. The van der Waals surface area contributed by atoms with Crippen molar-refractivity contribution in [2.24, 2.45) is 0 Å². The van der Waals surface area contributed by atoms with Gasteiger partial charge in [0.25, 0.3) is 5.91 Å². The van der Waals surface area contributed by atoms with Crippen LogP contribution < -0.4 is 0 Å². The van der Waals surface area contributed by atoms with Crippen molar-refractivity contribution in [3.63, 3.8) is 0 Å². The van der Waals surface area contributed by atoms with Gasteiger partial charge in [-0.05, 0) is 30.2 Å². The Bertz CT molecular complexity index is 996. The van der Waals surface area contributed by atoms with Crippen LogP contribution in [0.4, 0.5) is 0 Å². The van der Waals surface area contributed by atoms with Crippen LogP contribution in [0.15, 0.2) is 52.5 Å². The second kappa shape index (κ2) is 7.59. The Morgan fingerprint density at radius 1 is 1.25 bits per heavy atom. The maximum atomic E-state index is 13.3. The molecule has 1 aliphatic heterocycles. The zero-order valence-corrected chi connectivity index (χ0v) is 16.6. The number of carbonyl (C=O) groups excluding carboxylic acids is 2. The molecular formula is C21H21N3O3S. The molecular weight excluding hydrogens is 374 g/mol. The van der Waals surface area contributed by atoms with Crippen molar-refractivity contribution in [2.75, 3.05) is 7.05 Å². The molecule has 2 amide bonds. The number of furan rings is 1. The van der Waals surface area contributed by atoms with E-state index in [1.165, 1.54) is 6.26 Å². The molecule has 3 heterocycles. The van der Waals surface area contributed by atoms with Crippen LogP contribution in [-0.2, 0) is 24.3 Å². The van der Waals surface area contributed by atoms with Gasteiger partial charge in [-0.2, -0.15) is 0 Å². The number of benzene rings is 1. The molecule has 6 nitrogen and oxygen atoms in total. The summed E-state index contributed by atoms with van der Waals surface area (Å²) in [5, 5.41) is 2.93. The summed E-state index contributed by atoms with van der Waals surface area (Å²) < 4.78 is 5.30. The molecule has 3 aromatic rings. The molecule has 0 spiro atoms. The Kier molecular flexibility index (Phi) is 5.00. The predicted molar refractivity (Wildman–Crippen MR) is 106 cm³/mol.